The predicted octanol–water partition coefficient (Wildman–Crippen LogP) is -0.127. The first-order valence-electron chi connectivity index (χ1n) is 5.52. The van der Waals surface area contributed by atoms with Gasteiger partial charge in [-0.3, -0.25) is 9.59 Å². The van der Waals surface area contributed by atoms with Gasteiger partial charge in [-0.25, -0.2) is 0 Å². The largest absolute Gasteiger partial charge is 0.359 e. The van der Waals surface area contributed by atoms with Gasteiger partial charge in [0.25, 0.3) is 0 Å². The first-order chi connectivity index (χ1) is 7.29. The summed E-state index contributed by atoms with van der Waals surface area (Å²) in [6.45, 7) is 8.15. The van der Waals surface area contributed by atoms with Crippen LogP contribution in [0, 0.1) is 5.41 Å². The normalized spacial score (nSPS) is 11.4. The first-order valence-corrected chi connectivity index (χ1v) is 5.52. The molecule has 94 valence electrons. The van der Waals surface area contributed by atoms with Gasteiger partial charge in [-0.2, -0.15) is 0 Å². The van der Waals surface area contributed by atoms with Crippen LogP contribution in [0.1, 0.15) is 27.7 Å². The molecule has 0 aliphatic heterocycles. The molecule has 0 saturated carbocycles. The molecule has 5 nitrogen and oxygen atoms in total. The van der Waals surface area contributed by atoms with E-state index in [1.807, 2.05) is 13.8 Å². The molecule has 2 amide bonds. The third kappa shape index (κ3) is 5.70. The van der Waals surface area contributed by atoms with Crippen molar-refractivity contribution in [3.63, 3.8) is 0 Å². The number of nitrogens with one attached hydrogen (secondary N) is 3. The van der Waals surface area contributed by atoms with Crippen molar-refractivity contribution < 1.29 is 9.59 Å². The Bertz CT molecular complexity index is 250. The van der Waals surface area contributed by atoms with Crippen molar-refractivity contribution in [3.8, 4) is 0 Å². The van der Waals surface area contributed by atoms with Gasteiger partial charge in [0.1, 0.15) is 0 Å². The van der Waals surface area contributed by atoms with E-state index in [9.17, 15) is 9.59 Å². The van der Waals surface area contributed by atoms with Crippen molar-refractivity contribution in [2.75, 3.05) is 20.1 Å². The number of amides is 2. The van der Waals surface area contributed by atoms with Gasteiger partial charge in [0, 0.05) is 19.6 Å². The molecule has 0 aliphatic carbocycles. The van der Waals surface area contributed by atoms with Gasteiger partial charge < -0.3 is 16.0 Å². The van der Waals surface area contributed by atoms with Crippen LogP contribution in [0.2, 0.25) is 0 Å². The van der Waals surface area contributed by atoms with Crippen LogP contribution in [0.3, 0.4) is 0 Å². The highest BCUT2D eigenvalue weighted by molar-refractivity contribution is 5.83. The van der Waals surface area contributed by atoms with E-state index in [4.69, 9.17) is 0 Å². The summed E-state index contributed by atoms with van der Waals surface area (Å²) in [7, 11) is 1.59. The molecule has 5 heteroatoms. The van der Waals surface area contributed by atoms with Crippen LogP contribution in [0.5, 0.6) is 0 Å². The zero-order chi connectivity index (χ0) is 12.8. The number of carbonyl (C=O) groups is 2. The van der Waals surface area contributed by atoms with E-state index < -0.39 is 5.41 Å². The maximum absolute atomic E-state index is 11.4. The number of rotatable bonds is 6. The quantitative estimate of drug-likeness (QED) is 0.594. The molecule has 0 atom stereocenters. The Hall–Kier alpha value is -1.10. The van der Waals surface area contributed by atoms with E-state index in [-0.39, 0.29) is 24.4 Å². The van der Waals surface area contributed by atoms with Crippen molar-refractivity contribution in [2.45, 2.75) is 33.7 Å². The van der Waals surface area contributed by atoms with Gasteiger partial charge in [0.2, 0.25) is 11.8 Å². The SMILES string of the molecule is CNC(=O)C(C)(C)CNC(=O)CNC(C)C. The van der Waals surface area contributed by atoms with Crippen molar-refractivity contribution in [1.82, 2.24) is 16.0 Å². The summed E-state index contributed by atoms with van der Waals surface area (Å²) < 4.78 is 0. The molecule has 0 aliphatic rings. The molecule has 0 heterocycles. The van der Waals surface area contributed by atoms with Crippen LogP contribution < -0.4 is 16.0 Å². The fourth-order valence-electron chi connectivity index (χ4n) is 1.10. The van der Waals surface area contributed by atoms with Crippen LogP contribution in [0.15, 0.2) is 0 Å². The minimum atomic E-state index is -0.581. The standard InChI is InChI=1S/C11H23N3O2/c1-8(2)13-6-9(15)14-7-11(3,4)10(16)12-5/h8,13H,6-7H2,1-5H3,(H,12,16)(H,14,15). The van der Waals surface area contributed by atoms with Crippen LogP contribution in [-0.4, -0.2) is 38.0 Å². The summed E-state index contributed by atoms with van der Waals surface area (Å²) >= 11 is 0. The van der Waals surface area contributed by atoms with Crippen molar-refractivity contribution in [3.05, 3.63) is 0 Å². The molecule has 0 aromatic rings. The first kappa shape index (κ1) is 14.9. The fraction of sp³-hybridized carbons (Fsp3) is 0.818. The minimum Gasteiger partial charge on any atom is -0.359 e. The Morgan fingerprint density at radius 3 is 2.25 bits per heavy atom. The molecule has 16 heavy (non-hydrogen) atoms. The Morgan fingerprint density at radius 1 is 1.25 bits per heavy atom. The van der Waals surface area contributed by atoms with E-state index in [1.54, 1.807) is 20.9 Å². The van der Waals surface area contributed by atoms with Crippen LogP contribution in [0.4, 0.5) is 0 Å². The lowest BCUT2D eigenvalue weighted by Crippen LogP contribution is -2.46. The molecule has 0 fully saturated rings. The molecule has 3 N–H and O–H groups in total. The molecule has 0 unspecified atom stereocenters. The topological polar surface area (TPSA) is 70.2 Å². The highest BCUT2D eigenvalue weighted by Crippen LogP contribution is 2.12. The van der Waals surface area contributed by atoms with E-state index in [1.165, 1.54) is 0 Å². The smallest absolute Gasteiger partial charge is 0.233 e. The lowest BCUT2D eigenvalue weighted by Gasteiger charge is -2.23. The third-order valence-electron chi connectivity index (χ3n) is 2.24. The zero-order valence-corrected chi connectivity index (χ0v) is 10.8. The number of hydrogen-bond donors (Lipinski definition) is 3. The van der Waals surface area contributed by atoms with Crippen molar-refractivity contribution >= 4 is 11.8 Å². The second kappa shape index (κ2) is 6.48. The summed E-state index contributed by atoms with van der Waals surface area (Å²) in [6.07, 6.45) is 0. The summed E-state index contributed by atoms with van der Waals surface area (Å²) in [4.78, 5) is 22.8. The Kier molecular flexibility index (Phi) is 6.03. The Labute approximate surface area is 97.4 Å². The molecule has 0 rings (SSSR count). The minimum absolute atomic E-state index is 0.0791. The second-order valence-corrected chi connectivity index (χ2v) is 4.78. The average molecular weight is 229 g/mol. The van der Waals surface area contributed by atoms with Gasteiger partial charge in [-0.15, -0.1) is 0 Å². The molecular weight excluding hydrogens is 206 g/mol. The third-order valence-corrected chi connectivity index (χ3v) is 2.24. The number of carbonyl (C=O) groups excluding carboxylic acids is 2. The summed E-state index contributed by atoms with van der Waals surface area (Å²) in [5.74, 6) is -0.171. The van der Waals surface area contributed by atoms with Crippen LogP contribution in [-0.2, 0) is 9.59 Å². The van der Waals surface area contributed by atoms with Crippen LogP contribution >= 0.6 is 0 Å². The van der Waals surface area contributed by atoms with Gasteiger partial charge in [-0.1, -0.05) is 13.8 Å². The van der Waals surface area contributed by atoms with E-state index in [0.717, 1.165) is 0 Å². The molecule has 0 saturated heterocycles. The predicted molar refractivity (Wildman–Crippen MR) is 64.0 cm³/mol. The monoisotopic (exact) mass is 229 g/mol. The zero-order valence-electron chi connectivity index (χ0n) is 10.8. The Morgan fingerprint density at radius 2 is 1.81 bits per heavy atom. The summed E-state index contributed by atoms with van der Waals surface area (Å²) in [5.41, 5.74) is -0.581. The lowest BCUT2D eigenvalue weighted by molar-refractivity contribution is -0.129. The molecule has 0 aromatic heterocycles. The lowest BCUT2D eigenvalue weighted by atomic mass is 9.92. The van der Waals surface area contributed by atoms with Gasteiger partial charge in [-0.05, 0) is 13.8 Å². The van der Waals surface area contributed by atoms with Gasteiger partial charge in [0.15, 0.2) is 0 Å². The second-order valence-electron chi connectivity index (χ2n) is 4.78. The highest BCUT2D eigenvalue weighted by Gasteiger charge is 2.26. The molecular formula is C11H23N3O2. The molecule has 0 bridgehead atoms. The van der Waals surface area contributed by atoms with Crippen molar-refractivity contribution in [2.24, 2.45) is 5.41 Å². The van der Waals surface area contributed by atoms with E-state index >= 15 is 0 Å². The molecule has 0 aromatic carbocycles. The summed E-state index contributed by atoms with van der Waals surface area (Å²) in [5, 5.41) is 8.32. The van der Waals surface area contributed by atoms with Gasteiger partial charge >= 0.3 is 0 Å². The maximum Gasteiger partial charge on any atom is 0.233 e. The molecule has 0 spiro atoms. The maximum atomic E-state index is 11.4. The average Bonchev–Trinajstić information content (AvgIpc) is 2.22. The van der Waals surface area contributed by atoms with E-state index in [2.05, 4.69) is 16.0 Å². The Balaban J connectivity index is 3.95. The van der Waals surface area contributed by atoms with E-state index in [0.29, 0.717) is 6.54 Å². The highest BCUT2D eigenvalue weighted by atomic mass is 16.2. The number of hydrogen-bond acceptors (Lipinski definition) is 3. The molecule has 0 radical (unpaired) electrons. The summed E-state index contributed by atoms with van der Waals surface area (Å²) in [6, 6.07) is 0.276. The fourth-order valence-corrected chi connectivity index (χ4v) is 1.10. The van der Waals surface area contributed by atoms with Gasteiger partial charge in [0.05, 0.1) is 12.0 Å². The van der Waals surface area contributed by atoms with Crippen molar-refractivity contribution in [1.29, 1.82) is 0 Å². The van der Waals surface area contributed by atoms with Crippen LogP contribution in [0.25, 0.3) is 0 Å².